The summed E-state index contributed by atoms with van der Waals surface area (Å²) in [4.78, 5) is 28.2. The number of carbonyl (C=O) groups is 1. The Morgan fingerprint density at radius 3 is 2.29 bits per heavy atom. The van der Waals surface area contributed by atoms with Crippen molar-refractivity contribution in [3.63, 3.8) is 0 Å². The number of oxime groups is 1. The van der Waals surface area contributed by atoms with Crippen molar-refractivity contribution in [2.45, 2.75) is 40.7 Å². The molecule has 0 N–H and O–H groups in total. The van der Waals surface area contributed by atoms with E-state index in [0.717, 1.165) is 16.4 Å². The van der Waals surface area contributed by atoms with Crippen LogP contribution in [0.2, 0.25) is 0 Å². The van der Waals surface area contributed by atoms with Gasteiger partial charge >= 0.3 is 13.6 Å². The zero-order chi connectivity index (χ0) is 32.4. The van der Waals surface area contributed by atoms with Crippen molar-refractivity contribution >= 4 is 46.8 Å². The number of nitro benzene ring substituents is 1. The number of hydrogen-bond acceptors (Lipinski definition) is 10. The lowest BCUT2D eigenvalue weighted by Gasteiger charge is -2.17. The number of carbonyl (C=O) groups excluding carboxylic acids is 1. The second kappa shape index (κ2) is 15.8. The zero-order valence-electron chi connectivity index (χ0n) is 25.9. The van der Waals surface area contributed by atoms with Crippen LogP contribution in [0.25, 0.3) is 21.8 Å². The van der Waals surface area contributed by atoms with Crippen LogP contribution in [0, 0.1) is 10.1 Å². The molecule has 0 amide bonds. The second-order valence-electron chi connectivity index (χ2n) is 9.93. The topological polar surface area (TPSA) is 141 Å². The van der Waals surface area contributed by atoms with Crippen LogP contribution in [-0.2, 0) is 34.5 Å². The monoisotopic (exact) mass is 639 g/mol. The summed E-state index contributed by atoms with van der Waals surface area (Å²) in [6.45, 7) is 8.99. The van der Waals surface area contributed by atoms with Crippen LogP contribution in [-0.4, -0.2) is 60.4 Å². The Kier molecular flexibility index (Phi) is 11.8. The Bertz CT molecular complexity index is 1720. The van der Waals surface area contributed by atoms with Crippen LogP contribution in [0.3, 0.4) is 0 Å². The average molecular weight is 640 g/mol. The van der Waals surface area contributed by atoms with Gasteiger partial charge in [-0.3, -0.25) is 14.7 Å². The molecule has 0 aliphatic heterocycles. The molecule has 0 saturated heterocycles. The summed E-state index contributed by atoms with van der Waals surface area (Å²) >= 11 is 0. The molecule has 0 aliphatic rings. The Labute approximate surface area is 261 Å². The van der Waals surface area contributed by atoms with E-state index in [1.54, 1.807) is 26.0 Å². The van der Waals surface area contributed by atoms with E-state index in [4.69, 9.17) is 23.4 Å². The van der Waals surface area contributed by atoms with E-state index in [-0.39, 0.29) is 25.1 Å². The summed E-state index contributed by atoms with van der Waals surface area (Å²) in [6.07, 6.45) is 0.709. The highest BCUT2D eigenvalue weighted by Crippen LogP contribution is 2.48. The largest absolute Gasteiger partial charge is 0.490 e. The van der Waals surface area contributed by atoms with Gasteiger partial charge in [0.2, 0.25) is 0 Å². The van der Waals surface area contributed by atoms with E-state index in [9.17, 15) is 19.5 Å². The van der Waals surface area contributed by atoms with Gasteiger partial charge in [-0.1, -0.05) is 23.4 Å². The number of nitrogens with zero attached hydrogens (tertiary/aromatic N) is 3. The lowest BCUT2D eigenvalue weighted by atomic mass is 9.99. The van der Waals surface area contributed by atoms with Crippen molar-refractivity contribution < 1.29 is 37.6 Å². The Hall–Kier alpha value is -4.09. The Morgan fingerprint density at radius 1 is 0.933 bits per heavy atom. The van der Waals surface area contributed by atoms with Crippen LogP contribution in [0.5, 0.6) is 5.75 Å². The average Bonchev–Trinajstić information content (AvgIpc) is 3.32. The van der Waals surface area contributed by atoms with Gasteiger partial charge in [-0.25, -0.2) is 4.79 Å². The maximum Gasteiger partial charge on any atom is 0.332 e. The Balaban J connectivity index is 1.81. The van der Waals surface area contributed by atoms with Gasteiger partial charge in [0.15, 0.2) is 0 Å². The standard InChI is InChI=1S/C32H38N3O9P/c1-5-40-18-19-41-31-12-9-8-11-26(31)32(33-44-23(4)36)24-13-15-29-27(21-24)28-22-25(35(37)38)14-16-30(28)34(29)17-10-20-45(39,42-6-2)43-7-3/h8-9,11-16,21-22H,5-7,10,17-20H2,1-4H3. The molecule has 0 bridgehead atoms. The van der Waals surface area contributed by atoms with Crippen molar-refractivity contribution in [1.29, 1.82) is 0 Å². The van der Waals surface area contributed by atoms with Gasteiger partial charge in [-0.05, 0) is 57.5 Å². The van der Waals surface area contributed by atoms with Gasteiger partial charge in [0.1, 0.15) is 18.1 Å². The fraction of sp³-hybridized carbons (Fsp3) is 0.375. The summed E-state index contributed by atoms with van der Waals surface area (Å²) in [7, 11) is -3.25. The van der Waals surface area contributed by atoms with Crippen LogP contribution >= 0.6 is 7.60 Å². The molecule has 0 aliphatic carbocycles. The molecule has 1 aromatic heterocycles. The molecule has 0 saturated carbocycles. The van der Waals surface area contributed by atoms with E-state index < -0.39 is 18.5 Å². The number of ether oxygens (including phenoxy) is 2. The highest BCUT2D eigenvalue weighted by molar-refractivity contribution is 7.53. The molecule has 240 valence electrons. The summed E-state index contributed by atoms with van der Waals surface area (Å²) in [6, 6.07) is 17.6. The van der Waals surface area contributed by atoms with Crippen LogP contribution < -0.4 is 4.74 Å². The third kappa shape index (κ3) is 8.34. The number of rotatable bonds is 17. The van der Waals surface area contributed by atoms with Gasteiger partial charge in [0, 0.05) is 65.1 Å². The molecule has 4 aromatic rings. The number of hydrogen-bond donors (Lipinski definition) is 0. The van der Waals surface area contributed by atoms with Gasteiger partial charge < -0.3 is 27.9 Å². The van der Waals surface area contributed by atoms with Crippen molar-refractivity contribution in [3.05, 3.63) is 81.9 Å². The molecule has 45 heavy (non-hydrogen) atoms. The first kappa shape index (κ1) is 33.8. The normalized spacial score (nSPS) is 12.1. The number of fused-ring (bicyclic) bond motifs is 3. The maximum atomic E-state index is 13.1. The number of non-ortho nitro benzene ring substituents is 1. The molecule has 0 radical (unpaired) electrons. The SMILES string of the molecule is CCOCCOc1ccccc1C(=NOC(C)=O)c1ccc2c(c1)c1cc([N+](=O)[O-])ccc1n2CCCP(=O)(OCC)OCC. The van der Waals surface area contributed by atoms with Crippen molar-refractivity contribution in [1.82, 2.24) is 4.57 Å². The predicted octanol–water partition coefficient (Wildman–Crippen LogP) is 7.09. The third-order valence-electron chi connectivity index (χ3n) is 6.90. The highest BCUT2D eigenvalue weighted by Gasteiger charge is 2.24. The molecule has 1 heterocycles. The molecular weight excluding hydrogens is 601 g/mol. The van der Waals surface area contributed by atoms with Crippen molar-refractivity contribution in [2.75, 3.05) is 39.2 Å². The first-order valence-corrected chi connectivity index (χ1v) is 16.6. The molecule has 13 heteroatoms. The molecule has 4 rings (SSSR count). The maximum absolute atomic E-state index is 13.1. The molecule has 12 nitrogen and oxygen atoms in total. The van der Waals surface area contributed by atoms with Crippen LogP contribution in [0.1, 0.15) is 45.2 Å². The van der Waals surface area contributed by atoms with Crippen LogP contribution in [0.15, 0.2) is 65.8 Å². The molecular formula is C32H38N3O9P. The van der Waals surface area contributed by atoms with Gasteiger partial charge in [0.05, 0.1) is 30.9 Å². The predicted molar refractivity (Wildman–Crippen MR) is 172 cm³/mol. The molecule has 0 fully saturated rings. The minimum absolute atomic E-state index is 0.0500. The molecule has 0 atom stereocenters. The highest BCUT2D eigenvalue weighted by atomic mass is 31.2. The molecule has 0 spiro atoms. The van der Waals surface area contributed by atoms with Gasteiger partial charge in [-0.15, -0.1) is 0 Å². The lowest BCUT2D eigenvalue weighted by molar-refractivity contribution is -0.384. The van der Waals surface area contributed by atoms with Gasteiger partial charge in [0.25, 0.3) is 5.69 Å². The minimum Gasteiger partial charge on any atom is -0.490 e. The van der Waals surface area contributed by atoms with Crippen molar-refractivity contribution in [2.24, 2.45) is 5.16 Å². The van der Waals surface area contributed by atoms with Crippen molar-refractivity contribution in [3.8, 4) is 5.75 Å². The zero-order valence-corrected chi connectivity index (χ0v) is 26.8. The summed E-state index contributed by atoms with van der Waals surface area (Å²) < 4.78 is 37.4. The van der Waals surface area contributed by atoms with E-state index >= 15 is 0 Å². The molecule has 0 unspecified atom stereocenters. The number of nitro groups is 1. The fourth-order valence-corrected chi connectivity index (χ4v) is 6.73. The van der Waals surface area contributed by atoms with Gasteiger partial charge in [-0.2, -0.15) is 0 Å². The number of para-hydroxylation sites is 1. The quantitative estimate of drug-likeness (QED) is 0.0296. The number of aryl methyl sites for hydroxylation is 1. The summed E-state index contributed by atoms with van der Waals surface area (Å²) in [5.41, 5.74) is 3.07. The van der Waals surface area contributed by atoms with E-state index in [1.165, 1.54) is 19.1 Å². The second-order valence-corrected chi connectivity index (χ2v) is 12.1. The van der Waals surface area contributed by atoms with Crippen LogP contribution in [0.4, 0.5) is 5.69 Å². The summed E-state index contributed by atoms with van der Waals surface area (Å²) in [5.74, 6) is -0.0683. The first-order chi connectivity index (χ1) is 21.7. The first-order valence-electron chi connectivity index (χ1n) is 14.9. The Morgan fingerprint density at radius 2 is 1.62 bits per heavy atom. The van der Waals surface area contributed by atoms with E-state index in [0.29, 0.717) is 60.8 Å². The summed E-state index contributed by atoms with van der Waals surface area (Å²) in [5, 5.41) is 17.3. The van der Waals surface area contributed by atoms with E-state index in [2.05, 4.69) is 5.16 Å². The fourth-order valence-electron chi connectivity index (χ4n) is 5.09. The number of aromatic nitrogens is 1. The third-order valence-corrected chi connectivity index (χ3v) is 9.06. The lowest BCUT2D eigenvalue weighted by Crippen LogP contribution is -2.12. The van der Waals surface area contributed by atoms with E-state index in [1.807, 2.05) is 47.9 Å². The minimum atomic E-state index is -3.25. The number of benzene rings is 3. The smallest absolute Gasteiger partial charge is 0.332 e. The molecule has 3 aromatic carbocycles.